The molecular formula is C14H15N7O2. The zero-order valence-corrected chi connectivity index (χ0v) is 12.5. The number of aromatic amines is 1. The highest BCUT2D eigenvalue weighted by atomic mass is 16.5. The van der Waals surface area contributed by atoms with Gasteiger partial charge >= 0.3 is 0 Å². The molecule has 3 aromatic rings. The SMILES string of the molecule is Cc1noc(-c2cn([C@H]3CCN(C(=O)c4ccc[nH]4)C3)nn2)n1. The molecule has 118 valence electrons. The molecule has 9 nitrogen and oxygen atoms in total. The molecule has 1 aliphatic rings. The quantitative estimate of drug-likeness (QED) is 0.774. The van der Waals surface area contributed by atoms with Crippen LogP contribution in [0.1, 0.15) is 28.8 Å². The van der Waals surface area contributed by atoms with E-state index < -0.39 is 0 Å². The van der Waals surface area contributed by atoms with E-state index in [2.05, 4.69) is 25.4 Å². The predicted octanol–water partition coefficient (Wildman–Crippen LogP) is 1.05. The lowest BCUT2D eigenvalue weighted by molar-refractivity contribution is 0.0782. The van der Waals surface area contributed by atoms with Gasteiger partial charge in [0.2, 0.25) is 0 Å². The molecule has 1 aliphatic heterocycles. The molecule has 1 saturated heterocycles. The lowest BCUT2D eigenvalue weighted by Crippen LogP contribution is -2.29. The second kappa shape index (κ2) is 5.34. The largest absolute Gasteiger partial charge is 0.357 e. The van der Waals surface area contributed by atoms with Crippen molar-refractivity contribution in [2.75, 3.05) is 13.1 Å². The van der Waals surface area contributed by atoms with E-state index in [9.17, 15) is 4.79 Å². The van der Waals surface area contributed by atoms with Crippen LogP contribution in [-0.2, 0) is 0 Å². The Hall–Kier alpha value is -2.97. The molecule has 1 N–H and O–H groups in total. The van der Waals surface area contributed by atoms with E-state index >= 15 is 0 Å². The summed E-state index contributed by atoms with van der Waals surface area (Å²) in [5, 5.41) is 11.9. The van der Waals surface area contributed by atoms with E-state index in [0.717, 1.165) is 6.42 Å². The van der Waals surface area contributed by atoms with Gasteiger partial charge in [0.1, 0.15) is 5.69 Å². The molecule has 23 heavy (non-hydrogen) atoms. The molecule has 0 spiro atoms. The first-order chi connectivity index (χ1) is 11.2. The van der Waals surface area contributed by atoms with Gasteiger partial charge < -0.3 is 14.4 Å². The van der Waals surface area contributed by atoms with E-state index in [-0.39, 0.29) is 11.9 Å². The standard InChI is InChI=1S/C14H15N7O2/c1-9-16-13(23-18-9)12-8-21(19-17-12)10-4-6-20(7-10)14(22)11-3-2-5-15-11/h2-3,5,8,10,15H,4,6-7H2,1H3/t10-/m0/s1. The Morgan fingerprint density at radius 1 is 1.48 bits per heavy atom. The molecule has 1 atom stereocenters. The van der Waals surface area contributed by atoms with Crippen molar-refractivity contribution in [3.63, 3.8) is 0 Å². The number of aryl methyl sites for hydroxylation is 1. The Labute approximate surface area is 131 Å². The summed E-state index contributed by atoms with van der Waals surface area (Å²) in [6, 6.07) is 3.69. The van der Waals surface area contributed by atoms with Crippen LogP contribution in [0, 0.1) is 6.92 Å². The van der Waals surface area contributed by atoms with Crippen molar-refractivity contribution in [3.8, 4) is 11.6 Å². The van der Waals surface area contributed by atoms with Gasteiger partial charge in [-0.3, -0.25) is 4.79 Å². The molecule has 0 unspecified atom stereocenters. The molecule has 0 aliphatic carbocycles. The average molecular weight is 313 g/mol. The van der Waals surface area contributed by atoms with E-state index in [0.29, 0.717) is 36.2 Å². The molecule has 0 radical (unpaired) electrons. The van der Waals surface area contributed by atoms with Crippen molar-refractivity contribution in [1.29, 1.82) is 0 Å². The Kier molecular flexibility index (Phi) is 3.18. The summed E-state index contributed by atoms with van der Waals surface area (Å²) >= 11 is 0. The molecule has 0 aromatic carbocycles. The Morgan fingerprint density at radius 3 is 3.13 bits per heavy atom. The number of carbonyl (C=O) groups excluding carboxylic acids is 1. The normalized spacial score (nSPS) is 17.8. The fourth-order valence-corrected chi connectivity index (χ4v) is 2.73. The molecule has 3 aromatic heterocycles. The van der Waals surface area contributed by atoms with Gasteiger partial charge in [0.25, 0.3) is 11.8 Å². The van der Waals surface area contributed by atoms with Crippen molar-refractivity contribution in [1.82, 2.24) is 35.0 Å². The van der Waals surface area contributed by atoms with Crippen LogP contribution in [0.5, 0.6) is 0 Å². The van der Waals surface area contributed by atoms with Gasteiger partial charge in [-0.1, -0.05) is 10.4 Å². The third kappa shape index (κ3) is 2.50. The monoisotopic (exact) mass is 313 g/mol. The van der Waals surface area contributed by atoms with Gasteiger partial charge in [-0.05, 0) is 25.5 Å². The predicted molar refractivity (Wildman–Crippen MR) is 78.4 cm³/mol. The van der Waals surface area contributed by atoms with Gasteiger partial charge in [0.05, 0.1) is 12.2 Å². The van der Waals surface area contributed by atoms with Crippen LogP contribution < -0.4 is 0 Å². The minimum absolute atomic E-state index is 0.00497. The third-order valence-corrected chi connectivity index (χ3v) is 3.91. The van der Waals surface area contributed by atoms with Crippen LogP contribution in [-0.4, -0.2) is 54.0 Å². The van der Waals surface area contributed by atoms with E-state index in [4.69, 9.17) is 4.52 Å². The lowest BCUT2D eigenvalue weighted by atomic mass is 10.3. The summed E-state index contributed by atoms with van der Waals surface area (Å²) in [6.07, 6.45) is 4.36. The maximum Gasteiger partial charge on any atom is 0.280 e. The van der Waals surface area contributed by atoms with Crippen molar-refractivity contribution in [2.24, 2.45) is 0 Å². The van der Waals surface area contributed by atoms with Crippen LogP contribution >= 0.6 is 0 Å². The van der Waals surface area contributed by atoms with Crippen LogP contribution in [0.25, 0.3) is 11.6 Å². The number of nitrogens with zero attached hydrogens (tertiary/aromatic N) is 6. The number of aromatic nitrogens is 6. The summed E-state index contributed by atoms with van der Waals surface area (Å²) in [5.74, 6) is 0.912. The summed E-state index contributed by atoms with van der Waals surface area (Å²) in [4.78, 5) is 21.2. The molecule has 9 heteroatoms. The maximum absolute atomic E-state index is 12.3. The average Bonchev–Trinajstić information content (AvgIpc) is 3.31. The van der Waals surface area contributed by atoms with Crippen molar-refractivity contribution in [3.05, 3.63) is 36.0 Å². The first-order valence-electron chi connectivity index (χ1n) is 7.36. The Balaban J connectivity index is 1.48. The molecule has 0 bridgehead atoms. The highest BCUT2D eigenvalue weighted by Crippen LogP contribution is 2.24. The third-order valence-electron chi connectivity index (χ3n) is 3.91. The highest BCUT2D eigenvalue weighted by Gasteiger charge is 2.29. The summed E-state index contributed by atoms with van der Waals surface area (Å²) < 4.78 is 6.85. The zero-order chi connectivity index (χ0) is 15.8. The van der Waals surface area contributed by atoms with Crippen molar-refractivity contribution < 1.29 is 9.32 Å². The van der Waals surface area contributed by atoms with Gasteiger partial charge in [0, 0.05) is 19.3 Å². The van der Waals surface area contributed by atoms with Crippen LogP contribution in [0.3, 0.4) is 0 Å². The summed E-state index contributed by atoms with van der Waals surface area (Å²) in [5.41, 5.74) is 1.14. The zero-order valence-electron chi connectivity index (χ0n) is 12.5. The maximum atomic E-state index is 12.3. The number of likely N-dealkylation sites (tertiary alicyclic amines) is 1. The second-order valence-corrected chi connectivity index (χ2v) is 5.51. The van der Waals surface area contributed by atoms with Gasteiger partial charge in [0.15, 0.2) is 11.5 Å². The summed E-state index contributed by atoms with van der Waals surface area (Å²) in [7, 11) is 0. The number of H-pyrrole nitrogens is 1. The van der Waals surface area contributed by atoms with Crippen molar-refractivity contribution >= 4 is 5.91 Å². The minimum Gasteiger partial charge on any atom is -0.357 e. The number of nitrogens with one attached hydrogen (secondary N) is 1. The second-order valence-electron chi connectivity index (χ2n) is 5.51. The van der Waals surface area contributed by atoms with Gasteiger partial charge in [-0.15, -0.1) is 5.10 Å². The van der Waals surface area contributed by atoms with Crippen LogP contribution in [0.15, 0.2) is 29.0 Å². The minimum atomic E-state index is 0.00497. The fourth-order valence-electron chi connectivity index (χ4n) is 2.73. The summed E-state index contributed by atoms with van der Waals surface area (Å²) in [6.45, 7) is 3.04. The number of hydrogen-bond donors (Lipinski definition) is 1. The van der Waals surface area contributed by atoms with Crippen molar-refractivity contribution in [2.45, 2.75) is 19.4 Å². The first-order valence-corrected chi connectivity index (χ1v) is 7.36. The number of carbonyl (C=O) groups is 1. The van der Waals surface area contributed by atoms with E-state index in [1.165, 1.54) is 0 Å². The van der Waals surface area contributed by atoms with Crippen LogP contribution in [0.2, 0.25) is 0 Å². The highest BCUT2D eigenvalue weighted by molar-refractivity contribution is 5.92. The van der Waals surface area contributed by atoms with Gasteiger partial charge in [-0.25, -0.2) is 4.68 Å². The molecule has 0 saturated carbocycles. The molecule has 4 rings (SSSR count). The number of amides is 1. The first kappa shape index (κ1) is 13.7. The topological polar surface area (TPSA) is 106 Å². The Morgan fingerprint density at radius 2 is 2.39 bits per heavy atom. The fraction of sp³-hybridized carbons (Fsp3) is 0.357. The molecule has 1 amide bonds. The molecular weight excluding hydrogens is 298 g/mol. The molecule has 1 fully saturated rings. The number of rotatable bonds is 3. The lowest BCUT2D eigenvalue weighted by Gasteiger charge is -2.15. The van der Waals surface area contributed by atoms with E-state index in [1.54, 1.807) is 30.1 Å². The van der Waals surface area contributed by atoms with Crippen LogP contribution in [0.4, 0.5) is 0 Å². The number of hydrogen-bond acceptors (Lipinski definition) is 6. The Bertz CT molecular complexity index is 820. The van der Waals surface area contributed by atoms with E-state index in [1.807, 2.05) is 11.0 Å². The molecule has 4 heterocycles. The van der Waals surface area contributed by atoms with Gasteiger partial charge in [-0.2, -0.15) is 4.98 Å². The smallest absolute Gasteiger partial charge is 0.280 e.